The van der Waals surface area contributed by atoms with Gasteiger partial charge in [-0.1, -0.05) is 26.7 Å². The Hall–Kier alpha value is 0.310. The Morgan fingerprint density at radius 3 is 2.36 bits per heavy atom. The van der Waals surface area contributed by atoms with E-state index in [1.165, 1.54) is 25.0 Å². The van der Waals surface area contributed by atoms with Crippen molar-refractivity contribution < 1.29 is 0 Å². The molecule has 0 heterocycles. The van der Waals surface area contributed by atoms with Gasteiger partial charge in [-0.3, -0.25) is 0 Å². The van der Waals surface area contributed by atoms with Gasteiger partial charge >= 0.3 is 0 Å². The number of hydrogen-bond donors (Lipinski definition) is 1. The van der Waals surface area contributed by atoms with Crippen LogP contribution in [-0.4, -0.2) is 17.0 Å². The van der Waals surface area contributed by atoms with Crippen LogP contribution in [0.3, 0.4) is 0 Å². The van der Waals surface area contributed by atoms with Crippen LogP contribution in [0.2, 0.25) is 0 Å². The normalized spacial score (nSPS) is 16.4. The van der Waals surface area contributed by atoms with Crippen LogP contribution in [-0.2, 0) is 0 Å². The Morgan fingerprint density at radius 1 is 1.27 bits per heavy atom. The highest BCUT2D eigenvalue weighted by atomic mass is 32.2. The van der Waals surface area contributed by atoms with Crippen LogP contribution in [0.25, 0.3) is 0 Å². The number of hydrogen-bond acceptors (Lipinski definition) is 2. The van der Waals surface area contributed by atoms with Crippen molar-refractivity contribution in [2.75, 3.05) is 5.75 Å². The van der Waals surface area contributed by atoms with Crippen molar-refractivity contribution in [3.05, 3.63) is 0 Å². The molecule has 0 rings (SSSR count). The van der Waals surface area contributed by atoms with Gasteiger partial charge in [-0.25, -0.2) is 0 Å². The molecule has 0 amide bonds. The van der Waals surface area contributed by atoms with Gasteiger partial charge in [-0.05, 0) is 19.1 Å². The average Bonchev–Trinajstić information content (AvgIpc) is 1.97. The first-order chi connectivity index (χ1) is 5.18. The summed E-state index contributed by atoms with van der Waals surface area (Å²) in [7, 11) is 0. The molecule has 0 fully saturated rings. The molecule has 0 aliphatic carbocycles. The van der Waals surface area contributed by atoms with Crippen LogP contribution in [0.5, 0.6) is 0 Å². The molecule has 0 aromatic carbocycles. The monoisotopic (exact) mass is 175 g/mol. The van der Waals surface area contributed by atoms with Gasteiger partial charge in [0.2, 0.25) is 0 Å². The summed E-state index contributed by atoms with van der Waals surface area (Å²) in [6.07, 6.45) is 4.02. The maximum absolute atomic E-state index is 5.73. The standard InChI is InChI=1S/C9H21NS/c1-4-5-6-7-11-9(3)8(2)10/h8-9H,4-7,10H2,1-3H3. The van der Waals surface area contributed by atoms with Crippen LogP contribution in [0, 0.1) is 0 Å². The molecule has 2 heteroatoms. The lowest BCUT2D eigenvalue weighted by molar-refractivity contribution is 0.725. The fourth-order valence-corrected chi connectivity index (χ4v) is 1.82. The van der Waals surface area contributed by atoms with Crippen LogP contribution >= 0.6 is 11.8 Å². The predicted molar refractivity (Wildman–Crippen MR) is 55.1 cm³/mol. The van der Waals surface area contributed by atoms with Gasteiger partial charge in [-0.2, -0.15) is 11.8 Å². The van der Waals surface area contributed by atoms with E-state index in [9.17, 15) is 0 Å². The van der Waals surface area contributed by atoms with E-state index in [0.29, 0.717) is 11.3 Å². The first-order valence-electron chi connectivity index (χ1n) is 4.55. The summed E-state index contributed by atoms with van der Waals surface area (Å²) in [6.45, 7) is 6.53. The Morgan fingerprint density at radius 2 is 1.91 bits per heavy atom. The predicted octanol–water partition coefficient (Wildman–Crippen LogP) is 2.65. The molecule has 68 valence electrons. The Labute approximate surface area is 75.1 Å². The molecular formula is C9H21NS. The van der Waals surface area contributed by atoms with Gasteiger partial charge in [0.15, 0.2) is 0 Å². The minimum Gasteiger partial charge on any atom is -0.327 e. The molecule has 11 heavy (non-hydrogen) atoms. The first-order valence-corrected chi connectivity index (χ1v) is 5.60. The molecular weight excluding hydrogens is 154 g/mol. The fraction of sp³-hybridized carbons (Fsp3) is 1.00. The minimum atomic E-state index is 0.335. The van der Waals surface area contributed by atoms with Crippen molar-refractivity contribution in [3.63, 3.8) is 0 Å². The number of rotatable bonds is 6. The van der Waals surface area contributed by atoms with Crippen molar-refractivity contribution in [2.45, 2.75) is 51.3 Å². The van der Waals surface area contributed by atoms with E-state index in [1.54, 1.807) is 0 Å². The molecule has 0 saturated heterocycles. The Kier molecular flexibility index (Phi) is 7.18. The summed E-state index contributed by atoms with van der Waals surface area (Å²) in [5.41, 5.74) is 5.73. The van der Waals surface area contributed by atoms with E-state index < -0.39 is 0 Å². The SMILES string of the molecule is CCCCCSC(C)C(C)N. The summed E-state index contributed by atoms with van der Waals surface area (Å²) in [6, 6.07) is 0.335. The maximum Gasteiger partial charge on any atom is 0.0168 e. The highest BCUT2D eigenvalue weighted by Crippen LogP contribution is 2.15. The molecule has 0 bridgehead atoms. The first kappa shape index (κ1) is 11.3. The third-order valence-electron chi connectivity index (χ3n) is 1.87. The summed E-state index contributed by atoms with van der Waals surface area (Å²) >= 11 is 2.00. The lowest BCUT2D eigenvalue weighted by Crippen LogP contribution is -2.26. The highest BCUT2D eigenvalue weighted by molar-refractivity contribution is 7.99. The zero-order valence-corrected chi connectivity index (χ0v) is 8.79. The highest BCUT2D eigenvalue weighted by Gasteiger charge is 2.06. The van der Waals surface area contributed by atoms with Crippen molar-refractivity contribution in [1.29, 1.82) is 0 Å². The van der Waals surface area contributed by atoms with Gasteiger partial charge in [0.05, 0.1) is 0 Å². The molecule has 2 N–H and O–H groups in total. The summed E-state index contributed by atoms with van der Waals surface area (Å²) in [5.74, 6) is 1.27. The third kappa shape index (κ3) is 6.70. The maximum atomic E-state index is 5.73. The summed E-state index contributed by atoms with van der Waals surface area (Å²) < 4.78 is 0. The second-order valence-electron chi connectivity index (χ2n) is 3.14. The van der Waals surface area contributed by atoms with Crippen LogP contribution in [0.15, 0.2) is 0 Å². The second-order valence-corrected chi connectivity index (χ2v) is 4.63. The average molecular weight is 175 g/mol. The molecule has 0 spiro atoms. The van der Waals surface area contributed by atoms with E-state index in [4.69, 9.17) is 5.73 Å². The minimum absolute atomic E-state index is 0.335. The Bertz CT molecular complexity index is 83.6. The van der Waals surface area contributed by atoms with Gasteiger partial charge < -0.3 is 5.73 Å². The lowest BCUT2D eigenvalue weighted by Gasteiger charge is -2.14. The molecule has 2 atom stereocenters. The van der Waals surface area contributed by atoms with Crippen molar-refractivity contribution in [2.24, 2.45) is 5.73 Å². The number of thioether (sulfide) groups is 1. The number of unbranched alkanes of at least 4 members (excludes halogenated alkanes) is 2. The van der Waals surface area contributed by atoms with Crippen LogP contribution < -0.4 is 5.73 Å². The van der Waals surface area contributed by atoms with Crippen molar-refractivity contribution >= 4 is 11.8 Å². The largest absolute Gasteiger partial charge is 0.327 e. The lowest BCUT2D eigenvalue weighted by atomic mass is 10.3. The summed E-state index contributed by atoms with van der Waals surface area (Å²) in [5, 5.41) is 0.617. The van der Waals surface area contributed by atoms with E-state index in [1.807, 2.05) is 11.8 Å². The van der Waals surface area contributed by atoms with Gasteiger partial charge in [-0.15, -0.1) is 0 Å². The van der Waals surface area contributed by atoms with Gasteiger partial charge in [0.25, 0.3) is 0 Å². The molecule has 1 nitrogen and oxygen atoms in total. The quantitative estimate of drug-likeness (QED) is 0.628. The molecule has 2 unspecified atom stereocenters. The second kappa shape index (κ2) is 6.99. The van der Waals surface area contributed by atoms with E-state index in [-0.39, 0.29) is 0 Å². The molecule has 0 aliphatic heterocycles. The van der Waals surface area contributed by atoms with Crippen LogP contribution in [0.1, 0.15) is 40.0 Å². The molecule has 0 saturated carbocycles. The summed E-state index contributed by atoms with van der Waals surface area (Å²) in [4.78, 5) is 0. The van der Waals surface area contributed by atoms with Crippen LogP contribution in [0.4, 0.5) is 0 Å². The third-order valence-corrected chi connectivity index (χ3v) is 3.35. The van der Waals surface area contributed by atoms with Crippen molar-refractivity contribution in [3.8, 4) is 0 Å². The van der Waals surface area contributed by atoms with Gasteiger partial charge in [0.1, 0.15) is 0 Å². The molecule has 0 aromatic heterocycles. The van der Waals surface area contributed by atoms with Crippen molar-refractivity contribution in [1.82, 2.24) is 0 Å². The van der Waals surface area contributed by atoms with E-state index >= 15 is 0 Å². The smallest absolute Gasteiger partial charge is 0.0168 e. The topological polar surface area (TPSA) is 26.0 Å². The van der Waals surface area contributed by atoms with E-state index in [2.05, 4.69) is 20.8 Å². The molecule has 0 aromatic rings. The van der Waals surface area contributed by atoms with E-state index in [0.717, 1.165) is 0 Å². The fourth-order valence-electron chi connectivity index (χ4n) is 0.773. The molecule has 0 aliphatic rings. The Balaban J connectivity index is 3.10. The van der Waals surface area contributed by atoms with Gasteiger partial charge in [0, 0.05) is 11.3 Å². The molecule has 0 radical (unpaired) electrons. The number of nitrogens with two attached hydrogens (primary N) is 1. The zero-order valence-electron chi connectivity index (χ0n) is 7.97. The zero-order chi connectivity index (χ0) is 8.69.